The van der Waals surface area contributed by atoms with Crippen LogP contribution in [-0.4, -0.2) is 33.6 Å². The van der Waals surface area contributed by atoms with Gasteiger partial charge in [-0.15, -0.1) is 0 Å². The molecule has 0 bridgehead atoms. The number of carboxylic acid groups (broad SMARTS) is 1. The summed E-state index contributed by atoms with van der Waals surface area (Å²) in [6, 6.07) is 0. The number of hydrogen-bond acceptors (Lipinski definition) is 4. The number of nitrogens with one attached hydrogen (secondary N) is 1. The van der Waals surface area contributed by atoms with Crippen LogP contribution >= 0.6 is 0 Å². The number of carboxylic acids is 1. The Morgan fingerprint density at radius 1 is 1.43 bits per heavy atom. The first-order chi connectivity index (χ1) is 10.1. The highest BCUT2D eigenvalue weighted by molar-refractivity contribution is 5.87. The number of nitrogens with zero attached hydrogens (tertiary/aromatic N) is 2. The molecule has 1 aliphatic rings. The zero-order valence-electron chi connectivity index (χ0n) is 12.2. The molecule has 7 heteroatoms. The topological polar surface area (TPSA) is 93.5 Å². The Hall–Kier alpha value is -2.05. The molecule has 0 spiro atoms. The Kier molecular flexibility index (Phi) is 5.19. The molecule has 2 N–H and O–H groups in total. The van der Waals surface area contributed by atoms with Crippen LogP contribution in [0.15, 0.2) is 6.20 Å². The van der Waals surface area contributed by atoms with Crippen molar-refractivity contribution in [2.75, 3.05) is 6.61 Å². The van der Waals surface area contributed by atoms with Gasteiger partial charge in [0.05, 0.1) is 19.3 Å². The van der Waals surface area contributed by atoms with Gasteiger partial charge in [0.1, 0.15) is 0 Å². The maximum atomic E-state index is 11.6. The van der Waals surface area contributed by atoms with Crippen molar-refractivity contribution in [3.8, 4) is 0 Å². The van der Waals surface area contributed by atoms with Gasteiger partial charge in [-0.1, -0.05) is 19.3 Å². The largest absolute Gasteiger partial charge is 0.477 e. The van der Waals surface area contributed by atoms with Crippen LogP contribution in [-0.2, 0) is 18.3 Å². The number of rotatable bonds is 5. The summed E-state index contributed by atoms with van der Waals surface area (Å²) >= 11 is 0. The van der Waals surface area contributed by atoms with E-state index in [2.05, 4.69) is 10.4 Å². The SMILES string of the molecule is Cn1ncc(CNC(=O)OCC2CCCCC2)c1C(=O)O. The number of alkyl carbamates (subject to hydrolysis) is 1. The quantitative estimate of drug-likeness (QED) is 0.865. The van der Waals surface area contributed by atoms with E-state index in [0.29, 0.717) is 18.1 Å². The first kappa shape index (κ1) is 15.3. The van der Waals surface area contributed by atoms with Crippen molar-refractivity contribution in [2.45, 2.75) is 38.6 Å². The van der Waals surface area contributed by atoms with Crippen LogP contribution in [0.4, 0.5) is 4.79 Å². The van der Waals surface area contributed by atoms with E-state index in [0.717, 1.165) is 12.8 Å². The maximum Gasteiger partial charge on any atom is 0.407 e. The van der Waals surface area contributed by atoms with Crippen LogP contribution < -0.4 is 5.32 Å². The standard InChI is InChI=1S/C14H21N3O4/c1-17-12(13(18)19)11(8-16-17)7-15-14(20)21-9-10-5-3-2-4-6-10/h8,10H,2-7,9H2,1H3,(H,15,20)(H,18,19). The summed E-state index contributed by atoms with van der Waals surface area (Å²) in [5.74, 6) is -0.611. The Morgan fingerprint density at radius 3 is 2.81 bits per heavy atom. The van der Waals surface area contributed by atoms with E-state index in [9.17, 15) is 9.59 Å². The van der Waals surface area contributed by atoms with Crippen LogP contribution in [0.5, 0.6) is 0 Å². The molecule has 0 saturated heterocycles. The molecule has 1 aromatic heterocycles. The van der Waals surface area contributed by atoms with Gasteiger partial charge in [0.2, 0.25) is 0 Å². The van der Waals surface area contributed by atoms with Gasteiger partial charge in [-0.3, -0.25) is 4.68 Å². The summed E-state index contributed by atoms with van der Waals surface area (Å²) in [5, 5.41) is 15.5. The lowest BCUT2D eigenvalue weighted by Crippen LogP contribution is -2.27. The normalized spacial score (nSPS) is 15.7. The highest BCUT2D eigenvalue weighted by Gasteiger charge is 2.18. The van der Waals surface area contributed by atoms with Gasteiger partial charge in [-0.05, 0) is 18.8 Å². The van der Waals surface area contributed by atoms with Crippen molar-refractivity contribution >= 4 is 12.1 Å². The number of ether oxygens (including phenoxy) is 1. The van der Waals surface area contributed by atoms with Crippen LogP contribution in [0, 0.1) is 5.92 Å². The molecule has 2 rings (SSSR count). The Morgan fingerprint density at radius 2 is 2.14 bits per heavy atom. The molecule has 1 aliphatic carbocycles. The minimum absolute atomic E-state index is 0.0718. The first-order valence-electron chi connectivity index (χ1n) is 7.22. The number of amides is 1. The van der Waals surface area contributed by atoms with E-state index in [-0.39, 0.29) is 12.2 Å². The molecule has 0 aromatic carbocycles. The lowest BCUT2D eigenvalue weighted by Gasteiger charge is -2.21. The Bertz CT molecular complexity index is 506. The molecule has 116 valence electrons. The van der Waals surface area contributed by atoms with Gasteiger partial charge in [0.15, 0.2) is 5.69 Å². The second-order valence-corrected chi connectivity index (χ2v) is 5.40. The fraction of sp³-hybridized carbons (Fsp3) is 0.643. The number of aromatic nitrogens is 2. The minimum atomic E-state index is -1.07. The van der Waals surface area contributed by atoms with Gasteiger partial charge in [0.25, 0.3) is 0 Å². The van der Waals surface area contributed by atoms with E-state index in [4.69, 9.17) is 9.84 Å². The average molecular weight is 295 g/mol. The van der Waals surface area contributed by atoms with Crippen LogP contribution in [0.1, 0.15) is 48.2 Å². The Labute approximate surface area is 123 Å². The van der Waals surface area contributed by atoms with Crippen molar-refractivity contribution in [3.63, 3.8) is 0 Å². The second kappa shape index (κ2) is 7.10. The monoisotopic (exact) mass is 295 g/mol. The van der Waals surface area contributed by atoms with Crippen molar-refractivity contribution in [3.05, 3.63) is 17.5 Å². The number of aryl methyl sites for hydroxylation is 1. The molecule has 1 fully saturated rings. The van der Waals surface area contributed by atoms with Crippen LogP contribution in [0.3, 0.4) is 0 Å². The van der Waals surface area contributed by atoms with Crippen molar-refractivity contribution < 1.29 is 19.4 Å². The Balaban J connectivity index is 1.77. The molecule has 1 aromatic rings. The van der Waals surface area contributed by atoms with Gasteiger partial charge in [0, 0.05) is 12.6 Å². The number of hydrogen-bond donors (Lipinski definition) is 2. The van der Waals surface area contributed by atoms with Crippen LogP contribution in [0.25, 0.3) is 0 Å². The molecule has 0 radical (unpaired) electrons. The smallest absolute Gasteiger partial charge is 0.407 e. The molecule has 21 heavy (non-hydrogen) atoms. The van der Waals surface area contributed by atoms with E-state index in [1.165, 1.54) is 30.1 Å². The van der Waals surface area contributed by atoms with Gasteiger partial charge in [-0.2, -0.15) is 5.10 Å². The summed E-state index contributed by atoms with van der Waals surface area (Å²) in [7, 11) is 1.55. The fourth-order valence-corrected chi connectivity index (χ4v) is 2.65. The third kappa shape index (κ3) is 4.21. The summed E-state index contributed by atoms with van der Waals surface area (Å²) in [4.78, 5) is 22.7. The highest BCUT2D eigenvalue weighted by atomic mass is 16.5. The minimum Gasteiger partial charge on any atom is -0.477 e. The molecule has 0 unspecified atom stereocenters. The molecule has 1 amide bonds. The average Bonchev–Trinajstić information content (AvgIpc) is 2.85. The van der Waals surface area contributed by atoms with E-state index >= 15 is 0 Å². The molecular weight excluding hydrogens is 274 g/mol. The number of aromatic carboxylic acids is 1. The molecule has 1 saturated carbocycles. The predicted octanol–water partition coefficient (Wildman–Crippen LogP) is 1.92. The summed E-state index contributed by atoms with van der Waals surface area (Å²) < 4.78 is 6.46. The van der Waals surface area contributed by atoms with Crippen molar-refractivity contribution in [1.82, 2.24) is 15.1 Å². The zero-order chi connectivity index (χ0) is 15.2. The van der Waals surface area contributed by atoms with E-state index in [1.807, 2.05) is 0 Å². The summed E-state index contributed by atoms with van der Waals surface area (Å²) in [6.45, 7) is 0.531. The molecule has 1 heterocycles. The molecular formula is C14H21N3O4. The second-order valence-electron chi connectivity index (χ2n) is 5.40. The molecule has 0 atom stereocenters. The van der Waals surface area contributed by atoms with Gasteiger partial charge < -0.3 is 15.2 Å². The van der Waals surface area contributed by atoms with Gasteiger partial charge >= 0.3 is 12.1 Å². The third-order valence-corrected chi connectivity index (χ3v) is 3.82. The first-order valence-corrected chi connectivity index (χ1v) is 7.22. The fourth-order valence-electron chi connectivity index (χ4n) is 2.65. The third-order valence-electron chi connectivity index (χ3n) is 3.82. The summed E-state index contributed by atoms with van der Waals surface area (Å²) in [5.41, 5.74) is 0.530. The van der Waals surface area contributed by atoms with E-state index < -0.39 is 12.1 Å². The van der Waals surface area contributed by atoms with Crippen molar-refractivity contribution in [1.29, 1.82) is 0 Å². The number of carbonyl (C=O) groups excluding carboxylic acids is 1. The van der Waals surface area contributed by atoms with Crippen molar-refractivity contribution in [2.24, 2.45) is 13.0 Å². The lowest BCUT2D eigenvalue weighted by molar-refractivity contribution is 0.0683. The molecule has 0 aliphatic heterocycles. The zero-order valence-corrected chi connectivity index (χ0v) is 12.2. The van der Waals surface area contributed by atoms with Crippen LogP contribution in [0.2, 0.25) is 0 Å². The van der Waals surface area contributed by atoms with E-state index in [1.54, 1.807) is 7.05 Å². The van der Waals surface area contributed by atoms with Gasteiger partial charge in [-0.25, -0.2) is 9.59 Å². The summed E-state index contributed by atoms with van der Waals surface area (Å²) in [6.07, 6.45) is 6.81. The number of carbonyl (C=O) groups is 2. The highest BCUT2D eigenvalue weighted by Crippen LogP contribution is 2.23. The maximum absolute atomic E-state index is 11.6. The predicted molar refractivity (Wildman–Crippen MR) is 74.9 cm³/mol. The lowest BCUT2D eigenvalue weighted by atomic mass is 9.90. The molecule has 7 nitrogen and oxygen atoms in total.